The Labute approximate surface area is 152 Å². The van der Waals surface area contributed by atoms with Gasteiger partial charge in [0, 0.05) is 23.3 Å². The lowest BCUT2D eigenvalue weighted by Crippen LogP contribution is -2.30. The van der Waals surface area contributed by atoms with Gasteiger partial charge >= 0.3 is 0 Å². The fourth-order valence-corrected chi connectivity index (χ4v) is 2.90. The minimum absolute atomic E-state index is 0.00262. The Morgan fingerprint density at radius 2 is 1.92 bits per heavy atom. The van der Waals surface area contributed by atoms with Crippen LogP contribution >= 0.6 is 11.6 Å². The van der Waals surface area contributed by atoms with Gasteiger partial charge in [0.1, 0.15) is 5.75 Å². The predicted molar refractivity (Wildman–Crippen MR) is 101 cm³/mol. The molecule has 0 saturated heterocycles. The number of benzene rings is 2. The lowest BCUT2D eigenvalue weighted by molar-refractivity contribution is -0.123. The zero-order valence-electron chi connectivity index (χ0n) is 14.4. The molecule has 0 radical (unpaired) electrons. The van der Waals surface area contributed by atoms with E-state index in [0.717, 1.165) is 28.1 Å². The van der Waals surface area contributed by atoms with Crippen LogP contribution in [-0.2, 0) is 11.2 Å². The van der Waals surface area contributed by atoms with Gasteiger partial charge in [0.05, 0.1) is 0 Å². The van der Waals surface area contributed by atoms with E-state index >= 15 is 0 Å². The van der Waals surface area contributed by atoms with E-state index < -0.39 is 0 Å². The highest BCUT2D eigenvalue weighted by Gasteiger charge is 2.06. The molecule has 0 aliphatic heterocycles. The van der Waals surface area contributed by atoms with Crippen molar-refractivity contribution in [2.24, 2.45) is 0 Å². The first kappa shape index (κ1) is 17.4. The van der Waals surface area contributed by atoms with Crippen LogP contribution in [0.15, 0.2) is 42.6 Å². The van der Waals surface area contributed by atoms with Gasteiger partial charge in [0.2, 0.25) is 0 Å². The van der Waals surface area contributed by atoms with Gasteiger partial charge in [-0.25, -0.2) is 0 Å². The maximum atomic E-state index is 11.9. The van der Waals surface area contributed by atoms with Crippen molar-refractivity contribution in [3.8, 4) is 5.75 Å². The van der Waals surface area contributed by atoms with Crippen molar-refractivity contribution in [2.45, 2.75) is 20.3 Å². The summed E-state index contributed by atoms with van der Waals surface area (Å²) in [5, 5.41) is 4.80. The molecule has 3 aromatic rings. The standard InChI is InChI=1S/C20H21ClN2O2/c1-13-9-17(10-14(2)20(13)21)25-12-19(24)23-7-5-15-3-4-18-16(11-15)6-8-22-18/h3-4,6,8-11,22H,5,7,12H2,1-2H3,(H,23,24). The largest absolute Gasteiger partial charge is 0.484 e. The van der Waals surface area contributed by atoms with E-state index in [-0.39, 0.29) is 12.5 Å². The smallest absolute Gasteiger partial charge is 0.257 e. The molecule has 0 fully saturated rings. The third kappa shape index (κ3) is 4.34. The van der Waals surface area contributed by atoms with Crippen molar-refractivity contribution >= 4 is 28.4 Å². The molecule has 2 aromatic carbocycles. The SMILES string of the molecule is Cc1cc(OCC(=O)NCCc2ccc3[nH]ccc3c2)cc(C)c1Cl. The first-order chi connectivity index (χ1) is 12.0. The lowest BCUT2D eigenvalue weighted by atomic mass is 10.1. The maximum absolute atomic E-state index is 11.9. The summed E-state index contributed by atoms with van der Waals surface area (Å²) in [7, 11) is 0. The van der Waals surface area contributed by atoms with Gasteiger partial charge in [-0.3, -0.25) is 4.79 Å². The molecule has 0 bridgehead atoms. The molecular weight excluding hydrogens is 336 g/mol. The predicted octanol–water partition coefficient (Wildman–Crippen LogP) is 4.18. The van der Waals surface area contributed by atoms with Gasteiger partial charge < -0.3 is 15.0 Å². The number of ether oxygens (including phenoxy) is 1. The Kier molecular flexibility index (Phi) is 5.29. The second-order valence-electron chi connectivity index (χ2n) is 6.16. The fourth-order valence-electron chi connectivity index (χ4n) is 2.79. The summed E-state index contributed by atoms with van der Waals surface area (Å²) < 4.78 is 5.56. The minimum atomic E-state index is -0.132. The number of amides is 1. The molecule has 0 aliphatic carbocycles. The van der Waals surface area contributed by atoms with Crippen LogP contribution in [0.25, 0.3) is 10.9 Å². The Hall–Kier alpha value is -2.46. The van der Waals surface area contributed by atoms with Gasteiger partial charge in [-0.15, -0.1) is 0 Å². The highest BCUT2D eigenvalue weighted by molar-refractivity contribution is 6.32. The van der Waals surface area contributed by atoms with Gasteiger partial charge in [-0.1, -0.05) is 17.7 Å². The molecule has 1 heterocycles. The number of aromatic amines is 1. The highest BCUT2D eigenvalue weighted by atomic mass is 35.5. The van der Waals surface area contributed by atoms with Crippen molar-refractivity contribution in [2.75, 3.05) is 13.2 Å². The molecule has 25 heavy (non-hydrogen) atoms. The second kappa shape index (κ2) is 7.62. The van der Waals surface area contributed by atoms with E-state index in [9.17, 15) is 4.79 Å². The van der Waals surface area contributed by atoms with Crippen LogP contribution in [-0.4, -0.2) is 24.0 Å². The van der Waals surface area contributed by atoms with Crippen LogP contribution in [0.4, 0.5) is 0 Å². The Bertz CT molecular complexity index is 879. The van der Waals surface area contributed by atoms with Crippen molar-refractivity contribution in [1.82, 2.24) is 10.3 Å². The lowest BCUT2D eigenvalue weighted by Gasteiger charge is -2.10. The summed E-state index contributed by atoms with van der Waals surface area (Å²) in [5.74, 6) is 0.528. The van der Waals surface area contributed by atoms with Crippen molar-refractivity contribution < 1.29 is 9.53 Å². The number of H-pyrrole nitrogens is 1. The average Bonchev–Trinajstić information content (AvgIpc) is 3.05. The number of hydrogen-bond acceptors (Lipinski definition) is 2. The van der Waals surface area contributed by atoms with Crippen LogP contribution < -0.4 is 10.1 Å². The van der Waals surface area contributed by atoms with Crippen LogP contribution in [0.3, 0.4) is 0 Å². The fraction of sp³-hybridized carbons (Fsp3) is 0.250. The first-order valence-corrected chi connectivity index (χ1v) is 8.63. The zero-order chi connectivity index (χ0) is 17.8. The number of hydrogen-bond donors (Lipinski definition) is 2. The summed E-state index contributed by atoms with van der Waals surface area (Å²) in [6.45, 7) is 4.42. The van der Waals surface area contributed by atoms with Crippen LogP contribution in [0, 0.1) is 13.8 Å². The molecule has 130 valence electrons. The number of nitrogens with one attached hydrogen (secondary N) is 2. The maximum Gasteiger partial charge on any atom is 0.257 e. The number of carbonyl (C=O) groups excluding carboxylic acids is 1. The number of halogens is 1. The summed E-state index contributed by atoms with van der Waals surface area (Å²) in [5.41, 5.74) is 4.20. The molecule has 0 unspecified atom stereocenters. The van der Waals surface area contributed by atoms with Crippen LogP contribution in [0.2, 0.25) is 5.02 Å². The molecule has 0 saturated carbocycles. The molecule has 5 heteroatoms. The first-order valence-electron chi connectivity index (χ1n) is 8.25. The average molecular weight is 357 g/mol. The number of carbonyl (C=O) groups is 1. The monoisotopic (exact) mass is 356 g/mol. The van der Waals surface area contributed by atoms with E-state index in [0.29, 0.717) is 12.3 Å². The summed E-state index contributed by atoms with van der Waals surface area (Å²) in [6.07, 6.45) is 2.71. The van der Waals surface area contributed by atoms with Gasteiger partial charge in [0.25, 0.3) is 5.91 Å². The van der Waals surface area contributed by atoms with E-state index in [2.05, 4.69) is 28.5 Å². The van der Waals surface area contributed by atoms with E-state index in [1.165, 1.54) is 10.9 Å². The summed E-state index contributed by atoms with van der Waals surface area (Å²) >= 11 is 6.13. The third-order valence-corrected chi connectivity index (χ3v) is 4.73. The topological polar surface area (TPSA) is 54.1 Å². The van der Waals surface area contributed by atoms with Gasteiger partial charge in [-0.05, 0) is 72.7 Å². The van der Waals surface area contributed by atoms with Crippen LogP contribution in [0.1, 0.15) is 16.7 Å². The number of aryl methyl sites for hydroxylation is 2. The van der Waals surface area contributed by atoms with E-state index in [1.54, 1.807) is 0 Å². The molecule has 0 aliphatic rings. The normalized spacial score (nSPS) is 10.8. The highest BCUT2D eigenvalue weighted by Crippen LogP contribution is 2.25. The van der Waals surface area contributed by atoms with Crippen LogP contribution in [0.5, 0.6) is 5.75 Å². The molecule has 4 nitrogen and oxygen atoms in total. The minimum Gasteiger partial charge on any atom is -0.484 e. The number of fused-ring (bicyclic) bond motifs is 1. The molecule has 0 spiro atoms. The zero-order valence-corrected chi connectivity index (χ0v) is 15.1. The number of rotatable bonds is 6. The molecule has 3 rings (SSSR count). The Morgan fingerprint density at radius 3 is 2.68 bits per heavy atom. The third-order valence-electron chi connectivity index (χ3n) is 4.13. The van der Waals surface area contributed by atoms with Gasteiger partial charge in [0.15, 0.2) is 6.61 Å². The van der Waals surface area contributed by atoms with Crippen molar-refractivity contribution in [1.29, 1.82) is 0 Å². The van der Waals surface area contributed by atoms with Crippen molar-refractivity contribution in [3.05, 3.63) is 64.3 Å². The van der Waals surface area contributed by atoms with Crippen molar-refractivity contribution in [3.63, 3.8) is 0 Å². The number of aromatic nitrogens is 1. The molecule has 1 aromatic heterocycles. The molecule has 0 atom stereocenters. The van der Waals surface area contributed by atoms with E-state index in [4.69, 9.17) is 16.3 Å². The molecule has 2 N–H and O–H groups in total. The van der Waals surface area contributed by atoms with Gasteiger partial charge in [-0.2, -0.15) is 0 Å². The molecule has 1 amide bonds. The summed E-state index contributed by atoms with van der Waals surface area (Å²) in [6, 6.07) is 12.0. The Balaban J connectivity index is 1.46. The molecular formula is C20H21ClN2O2. The summed E-state index contributed by atoms with van der Waals surface area (Å²) in [4.78, 5) is 15.1. The second-order valence-corrected chi connectivity index (χ2v) is 6.54. The Morgan fingerprint density at radius 1 is 1.16 bits per heavy atom. The quantitative estimate of drug-likeness (QED) is 0.696. The van der Waals surface area contributed by atoms with E-state index in [1.807, 2.05) is 38.2 Å².